The van der Waals surface area contributed by atoms with E-state index in [9.17, 15) is 9.59 Å². The van der Waals surface area contributed by atoms with Gasteiger partial charge in [0.2, 0.25) is 5.91 Å². The van der Waals surface area contributed by atoms with Crippen LogP contribution < -0.4 is 10.2 Å². The highest BCUT2D eigenvalue weighted by atomic mass is 35.5. The van der Waals surface area contributed by atoms with Crippen molar-refractivity contribution in [1.82, 2.24) is 9.88 Å². The van der Waals surface area contributed by atoms with Gasteiger partial charge in [-0.1, -0.05) is 35.9 Å². The molecule has 2 heterocycles. The second kappa shape index (κ2) is 8.09. The minimum absolute atomic E-state index is 0.0313. The van der Waals surface area contributed by atoms with Crippen LogP contribution in [0.2, 0.25) is 5.02 Å². The standard InChI is InChI=1S/C22H21ClN4O2/c1-15(28)25-19-7-4-5-16-17(9-10-24-21(16)19)22(29)27-13-11-26(12-14-27)20-8-3-2-6-18(20)23/h2-10H,11-14H2,1H3,(H,25,28). The number of hydrogen-bond acceptors (Lipinski definition) is 4. The van der Waals surface area contributed by atoms with Gasteiger partial charge in [0.15, 0.2) is 0 Å². The molecule has 2 aromatic carbocycles. The van der Waals surface area contributed by atoms with Crippen LogP contribution >= 0.6 is 11.6 Å². The number of benzene rings is 2. The van der Waals surface area contributed by atoms with Crippen molar-refractivity contribution in [3.63, 3.8) is 0 Å². The second-order valence-corrected chi connectivity index (χ2v) is 7.38. The summed E-state index contributed by atoms with van der Waals surface area (Å²) in [7, 11) is 0. The Kier molecular flexibility index (Phi) is 5.36. The van der Waals surface area contributed by atoms with Crippen molar-refractivity contribution in [1.29, 1.82) is 0 Å². The molecule has 1 aliphatic heterocycles. The second-order valence-electron chi connectivity index (χ2n) is 6.97. The number of piperazine rings is 1. The van der Waals surface area contributed by atoms with E-state index in [1.807, 2.05) is 41.3 Å². The van der Waals surface area contributed by atoms with Crippen LogP contribution in [0.4, 0.5) is 11.4 Å². The lowest BCUT2D eigenvalue weighted by Gasteiger charge is -2.36. The number of fused-ring (bicyclic) bond motifs is 1. The van der Waals surface area contributed by atoms with Crippen molar-refractivity contribution in [2.24, 2.45) is 0 Å². The first-order chi connectivity index (χ1) is 14.0. The zero-order valence-corrected chi connectivity index (χ0v) is 16.8. The molecule has 29 heavy (non-hydrogen) atoms. The molecule has 3 aromatic rings. The highest BCUT2D eigenvalue weighted by molar-refractivity contribution is 6.33. The van der Waals surface area contributed by atoms with Crippen molar-refractivity contribution < 1.29 is 9.59 Å². The third-order valence-electron chi connectivity index (χ3n) is 5.07. The summed E-state index contributed by atoms with van der Waals surface area (Å²) in [5.74, 6) is -0.206. The number of amides is 2. The number of pyridine rings is 1. The van der Waals surface area contributed by atoms with Gasteiger partial charge >= 0.3 is 0 Å². The molecule has 1 aliphatic rings. The molecule has 4 rings (SSSR count). The average Bonchev–Trinajstić information content (AvgIpc) is 2.73. The summed E-state index contributed by atoms with van der Waals surface area (Å²) in [4.78, 5) is 33.1. The number of nitrogens with one attached hydrogen (secondary N) is 1. The Balaban J connectivity index is 1.56. The number of carbonyl (C=O) groups is 2. The Morgan fingerprint density at radius 1 is 1.00 bits per heavy atom. The number of anilines is 2. The van der Waals surface area contributed by atoms with Gasteiger partial charge in [-0.05, 0) is 24.3 Å². The van der Waals surface area contributed by atoms with E-state index in [1.165, 1.54) is 6.92 Å². The Hall–Kier alpha value is -3.12. The van der Waals surface area contributed by atoms with Gasteiger partial charge in [0, 0.05) is 44.7 Å². The highest BCUT2D eigenvalue weighted by Gasteiger charge is 2.24. The van der Waals surface area contributed by atoms with Gasteiger partial charge in [0.1, 0.15) is 0 Å². The van der Waals surface area contributed by atoms with E-state index in [2.05, 4.69) is 15.2 Å². The molecular weight excluding hydrogens is 388 g/mol. The van der Waals surface area contributed by atoms with Gasteiger partial charge < -0.3 is 15.1 Å². The smallest absolute Gasteiger partial charge is 0.254 e. The number of carbonyl (C=O) groups excluding carboxylic acids is 2. The van der Waals surface area contributed by atoms with Crippen LogP contribution in [0, 0.1) is 0 Å². The molecule has 1 aromatic heterocycles. The van der Waals surface area contributed by atoms with E-state index < -0.39 is 0 Å². The summed E-state index contributed by atoms with van der Waals surface area (Å²) in [6.45, 7) is 4.11. The molecule has 0 radical (unpaired) electrons. The maximum Gasteiger partial charge on any atom is 0.254 e. The number of para-hydroxylation sites is 2. The van der Waals surface area contributed by atoms with Crippen LogP contribution in [0.3, 0.4) is 0 Å². The molecule has 1 N–H and O–H groups in total. The molecule has 0 saturated carbocycles. The van der Waals surface area contributed by atoms with Crippen LogP contribution in [0.25, 0.3) is 10.9 Å². The van der Waals surface area contributed by atoms with Gasteiger partial charge in [-0.2, -0.15) is 0 Å². The van der Waals surface area contributed by atoms with Crippen molar-refractivity contribution in [3.05, 3.63) is 65.3 Å². The molecule has 148 valence electrons. The highest BCUT2D eigenvalue weighted by Crippen LogP contribution is 2.28. The molecule has 1 fully saturated rings. The third kappa shape index (κ3) is 3.89. The first kappa shape index (κ1) is 19.2. The summed E-state index contributed by atoms with van der Waals surface area (Å²) >= 11 is 6.31. The predicted octanol–water partition coefficient (Wildman–Crippen LogP) is 3.81. The Morgan fingerprint density at radius 3 is 2.48 bits per heavy atom. The monoisotopic (exact) mass is 408 g/mol. The average molecular weight is 409 g/mol. The van der Waals surface area contributed by atoms with E-state index >= 15 is 0 Å². The number of aromatic nitrogens is 1. The fourth-order valence-corrected chi connectivity index (χ4v) is 3.94. The summed E-state index contributed by atoms with van der Waals surface area (Å²) < 4.78 is 0. The van der Waals surface area contributed by atoms with Crippen molar-refractivity contribution in [3.8, 4) is 0 Å². The van der Waals surface area contributed by atoms with Crippen molar-refractivity contribution in [2.75, 3.05) is 36.4 Å². The maximum atomic E-state index is 13.2. The van der Waals surface area contributed by atoms with Crippen LogP contribution in [0.1, 0.15) is 17.3 Å². The fraction of sp³-hybridized carbons (Fsp3) is 0.227. The fourth-order valence-electron chi connectivity index (χ4n) is 3.68. The normalized spacial score (nSPS) is 14.1. The largest absolute Gasteiger partial charge is 0.367 e. The van der Waals surface area contributed by atoms with Crippen LogP contribution in [-0.4, -0.2) is 47.9 Å². The lowest BCUT2D eigenvalue weighted by atomic mass is 10.1. The number of hydrogen-bond donors (Lipinski definition) is 1. The molecule has 0 unspecified atom stereocenters. The SMILES string of the molecule is CC(=O)Nc1cccc2c(C(=O)N3CCN(c4ccccc4Cl)CC3)ccnc12. The molecule has 6 nitrogen and oxygen atoms in total. The molecule has 0 atom stereocenters. The summed E-state index contributed by atoms with van der Waals surface area (Å²) in [6, 6.07) is 15.0. The molecule has 0 bridgehead atoms. The van der Waals surface area contributed by atoms with Crippen molar-refractivity contribution >= 4 is 45.7 Å². The lowest BCUT2D eigenvalue weighted by molar-refractivity contribution is -0.114. The van der Waals surface area contributed by atoms with E-state index in [4.69, 9.17) is 11.6 Å². The molecule has 2 amide bonds. The van der Waals surface area contributed by atoms with Crippen LogP contribution in [0.5, 0.6) is 0 Å². The molecule has 7 heteroatoms. The Labute approximate surface area is 174 Å². The topological polar surface area (TPSA) is 65.5 Å². The summed E-state index contributed by atoms with van der Waals surface area (Å²) in [5.41, 5.74) is 2.81. The van der Waals surface area contributed by atoms with E-state index in [-0.39, 0.29) is 11.8 Å². The van der Waals surface area contributed by atoms with E-state index in [0.29, 0.717) is 29.9 Å². The molecule has 1 saturated heterocycles. The Morgan fingerprint density at radius 2 is 1.76 bits per heavy atom. The van der Waals surface area contributed by atoms with Gasteiger partial charge in [0.05, 0.1) is 27.5 Å². The van der Waals surface area contributed by atoms with E-state index in [0.717, 1.165) is 29.2 Å². The Bertz CT molecular complexity index is 1080. The van der Waals surface area contributed by atoms with Crippen molar-refractivity contribution in [2.45, 2.75) is 6.92 Å². The lowest BCUT2D eigenvalue weighted by Crippen LogP contribution is -2.48. The van der Waals surface area contributed by atoms with Gasteiger partial charge in [-0.3, -0.25) is 14.6 Å². The van der Waals surface area contributed by atoms with E-state index in [1.54, 1.807) is 18.3 Å². The zero-order valence-electron chi connectivity index (χ0n) is 16.1. The van der Waals surface area contributed by atoms with Crippen LogP contribution in [0.15, 0.2) is 54.7 Å². The number of halogens is 1. The molecule has 0 aliphatic carbocycles. The third-order valence-corrected chi connectivity index (χ3v) is 5.39. The molecular formula is C22H21ClN4O2. The zero-order chi connectivity index (χ0) is 20.4. The minimum Gasteiger partial charge on any atom is -0.367 e. The number of rotatable bonds is 3. The predicted molar refractivity (Wildman–Crippen MR) is 116 cm³/mol. The maximum absolute atomic E-state index is 13.2. The first-order valence-electron chi connectivity index (χ1n) is 9.48. The minimum atomic E-state index is -0.174. The van der Waals surface area contributed by atoms with Gasteiger partial charge in [-0.25, -0.2) is 0 Å². The first-order valence-corrected chi connectivity index (χ1v) is 9.86. The molecule has 0 spiro atoms. The summed E-state index contributed by atoms with van der Waals surface area (Å²) in [5, 5.41) is 4.23. The van der Waals surface area contributed by atoms with Crippen LogP contribution in [-0.2, 0) is 4.79 Å². The quantitative estimate of drug-likeness (QED) is 0.715. The van der Waals surface area contributed by atoms with Gasteiger partial charge in [-0.15, -0.1) is 0 Å². The van der Waals surface area contributed by atoms with Gasteiger partial charge in [0.25, 0.3) is 5.91 Å². The summed E-state index contributed by atoms with van der Waals surface area (Å²) in [6.07, 6.45) is 1.61. The number of nitrogens with zero attached hydrogens (tertiary/aromatic N) is 3.